The van der Waals surface area contributed by atoms with Gasteiger partial charge < -0.3 is 4.74 Å². The van der Waals surface area contributed by atoms with Gasteiger partial charge in [0.15, 0.2) is 5.82 Å². The second-order valence-electron chi connectivity index (χ2n) is 4.44. The van der Waals surface area contributed by atoms with E-state index in [-0.39, 0.29) is 18.3 Å². The predicted octanol–water partition coefficient (Wildman–Crippen LogP) is 1.08. The van der Waals surface area contributed by atoms with Gasteiger partial charge >= 0.3 is 0 Å². The van der Waals surface area contributed by atoms with Crippen molar-refractivity contribution < 1.29 is 13.2 Å². The maximum atomic E-state index is 12.3. The summed E-state index contributed by atoms with van der Waals surface area (Å²) in [4.78, 5) is 0. The zero-order chi connectivity index (χ0) is 13.3. The second-order valence-corrected chi connectivity index (χ2v) is 7.31. The summed E-state index contributed by atoms with van der Waals surface area (Å²) in [7, 11) is -1.87. The zero-order valence-corrected chi connectivity index (χ0v) is 12.7. The van der Waals surface area contributed by atoms with E-state index in [2.05, 4.69) is 21.0 Å². The van der Waals surface area contributed by atoms with Gasteiger partial charge in [-0.05, 0) is 21.8 Å². The largest absolute Gasteiger partial charge is 0.384 e. The van der Waals surface area contributed by atoms with Crippen LogP contribution in [-0.4, -0.2) is 44.2 Å². The molecule has 1 aliphatic heterocycles. The first-order valence-electron chi connectivity index (χ1n) is 5.66. The van der Waals surface area contributed by atoms with Crippen molar-refractivity contribution in [1.82, 2.24) is 9.78 Å². The molecule has 0 saturated heterocycles. The third kappa shape index (κ3) is 2.55. The van der Waals surface area contributed by atoms with Crippen LogP contribution in [0.1, 0.15) is 6.92 Å². The summed E-state index contributed by atoms with van der Waals surface area (Å²) in [6.07, 6.45) is 1.63. The van der Waals surface area contributed by atoms with E-state index in [1.807, 2.05) is 6.92 Å². The highest BCUT2D eigenvalue weighted by molar-refractivity contribution is 9.10. The number of hydrogen-bond acceptors (Lipinski definition) is 4. The summed E-state index contributed by atoms with van der Waals surface area (Å²) < 4.78 is 33.3. The molecular weight excluding hydrogens is 322 g/mol. The molecule has 0 aromatic carbocycles. The molecule has 1 aliphatic rings. The van der Waals surface area contributed by atoms with Gasteiger partial charge in [0.2, 0.25) is 10.0 Å². The van der Waals surface area contributed by atoms with Crippen LogP contribution in [0.4, 0.5) is 5.82 Å². The van der Waals surface area contributed by atoms with Crippen molar-refractivity contribution in [3.05, 3.63) is 10.7 Å². The van der Waals surface area contributed by atoms with Crippen molar-refractivity contribution in [2.45, 2.75) is 13.5 Å². The van der Waals surface area contributed by atoms with E-state index in [4.69, 9.17) is 4.74 Å². The molecule has 1 aromatic rings. The number of fused-ring (bicyclic) bond motifs is 1. The van der Waals surface area contributed by atoms with Crippen LogP contribution in [0.5, 0.6) is 0 Å². The molecule has 0 saturated carbocycles. The van der Waals surface area contributed by atoms with E-state index < -0.39 is 10.0 Å². The fourth-order valence-electron chi connectivity index (χ4n) is 2.00. The Bertz CT molecular complexity index is 528. The molecule has 0 bridgehead atoms. The number of rotatable bonds is 4. The third-order valence-electron chi connectivity index (χ3n) is 2.85. The number of methoxy groups -OCH3 is 1. The Morgan fingerprint density at radius 1 is 1.56 bits per heavy atom. The number of hydrogen-bond donors (Lipinski definition) is 0. The Morgan fingerprint density at radius 3 is 2.94 bits per heavy atom. The Labute approximate surface area is 115 Å². The molecule has 0 spiro atoms. The van der Waals surface area contributed by atoms with Gasteiger partial charge in [-0.25, -0.2) is 13.1 Å². The molecule has 1 aromatic heterocycles. The Hall–Kier alpha value is -0.600. The number of anilines is 1. The van der Waals surface area contributed by atoms with Gasteiger partial charge in [0.25, 0.3) is 0 Å². The quantitative estimate of drug-likeness (QED) is 0.824. The lowest BCUT2D eigenvalue weighted by Crippen LogP contribution is -2.43. The first kappa shape index (κ1) is 13.8. The van der Waals surface area contributed by atoms with Crippen LogP contribution in [0, 0.1) is 5.92 Å². The van der Waals surface area contributed by atoms with Gasteiger partial charge in [0.1, 0.15) is 0 Å². The molecule has 8 heteroatoms. The summed E-state index contributed by atoms with van der Waals surface area (Å²) in [5.41, 5.74) is 0. The molecule has 0 fully saturated rings. The summed E-state index contributed by atoms with van der Waals surface area (Å²) in [5.74, 6) is 0.833. The topological polar surface area (TPSA) is 64.4 Å². The normalized spacial score (nSPS) is 19.9. The molecular formula is C10H16BrN3O3S. The van der Waals surface area contributed by atoms with Crippen LogP contribution in [0.3, 0.4) is 0 Å². The Morgan fingerprint density at radius 2 is 2.28 bits per heavy atom. The standard InChI is InChI=1S/C10H16BrN3O3S/c1-8-6-13-10(9(11)5-12-13)14(7-8)18(15,16)4-3-17-2/h5,8H,3-4,6-7H2,1-2H3. The lowest BCUT2D eigenvalue weighted by atomic mass is 10.1. The van der Waals surface area contributed by atoms with Crippen molar-refractivity contribution in [3.63, 3.8) is 0 Å². The Balaban J connectivity index is 2.36. The highest BCUT2D eigenvalue weighted by Gasteiger charge is 2.32. The van der Waals surface area contributed by atoms with Gasteiger partial charge in [-0.1, -0.05) is 6.92 Å². The third-order valence-corrected chi connectivity index (χ3v) is 5.08. The minimum Gasteiger partial charge on any atom is -0.384 e. The van der Waals surface area contributed by atoms with Crippen LogP contribution in [0.25, 0.3) is 0 Å². The molecule has 1 atom stereocenters. The first-order valence-corrected chi connectivity index (χ1v) is 8.06. The maximum Gasteiger partial charge on any atom is 0.238 e. The summed E-state index contributed by atoms with van der Waals surface area (Å²) in [6, 6.07) is 0. The molecule has 0 aliphatic carbocycles. The number of nitrogens with zero attached hydrogens (tertiary/aromatic N) is 3. The average Bonchev–Trinajstić information content (AvgIpc) is 2.67. The molecule has 2 heterocycles. The van der Waals surface area contributed by atoms with Crippen molar-refractivity contribution in [3.8, 4) is 0 Å². The highest BCUT2D eigenvalue weighted by atomic mass is 79.9. The van der Waals surface area contributed by atoms with Crippen molar-refractivity contribution in [2.75, 3.05) is 30.3 Å². The number of ether oxygens (including phenoxy) is 1. The van der Waals surface area contributed by atoms with Gasteiger partial charge in [0.05, 0.1) is 23.0 Å². The molecule has 6 nitrogen and oxygen atoms in total. The molecule has 18 heavy (non-hydrogen) atoms. The van der Waals surface area contributed by atoms with Gasteiger partial charge in [-0.15, -0.1) is 0 Å². The van der Waals surface area contributed by atoms with Crippen LogP contribution in [0.15, 0.2) is 10.7 Å². The predicted molar refractivity (Wildman–Crippen MR) is 72.1 cm³/mol. The van der Waals surface area contributed by atoms with E-state index in [1.165, 1.54) is 11.4 Å². The van der Waals surface area contributed by atoms with Crippen molar-refractivity contribution in [2.24, 2.45) is 5.92 Å². The maximum absolute atomic E-state index is 12.3. The van der Waals surface area contributed by atoms with E-state index in [0.717, 1.165) is 6.54 Å². The van der Waals surface area contributed by atoms with Crippen molar-refractivity contribution >= 4 is 31.8 Å². The monoisotopic (exact) mass is 337 g/mol. The second kappa shape index (κ2) is 5.18. The first-order chi connectivity index (χ1) is 8.45. The van der Waals surface area contributed by atoms with Crippen LogP contribution >= 0.6 is 15.9 Å². The molecule has 1 unspecified atom stereocenters. The number of halogens is 1. The average molecular weight is 338 g/mol. The lowest BCUT2D eigenvalue weighted by molar-refractivity contribution is 0.217. The van der Waals surface area contributed by atoms with Crippen LogP contribution in [0.2, 0.25) is 0 Å². The smallest absolute Gasteiger partial charge is 0.238 e. The fourth-order valence-corrected chi connectivity index (χ4v) is 4.17. The Kier molecular flexibility index (Phi) is 3.98. The minimum absolute atomic E-state index is 0.0200. The van der Waals surface area contributed by atoms with E-state index in [1.54, 1.807) is 10.9 Å². The van der Waals surface area contributed by atoms with Gasteiger partial charge in [0, 0.05) is 20.2 Å². The summed E-state index contributed by atoms with van der Waals surface area (Å²) in [5, 5.41) is 4.18. The van der Waals surface area contributed by atoms with E-state index >= 15 is 0 Å². The highest BCUT2D eigenvalue weighted by Crippen LogP contribution is 2.32. The molecule has 0 amide bonds. The lowest BCUT2D eigenvalue weighted by Gasteiger charge is -2.32. The van der Waals surface area contributed by atoms with Gasteiger partial charge in [-0.3, -0.25) is 4.31 Å². The van der Waals surface area contributed by atoms with Crippen LogP contribution in [-0.2, 0) is 21.3 Å². The van der Waals surface area contributed by atoms with Crippen molar-refractivity contribution in [1.29, 1.82) is 0 Å². The molecule has 0 radical (unpaired) electrons. The molecule has 2 rings (SSSR count). The fraction of sp³-hybridized carbons (Fsp3) is 0.700. The van der Waals surface area contributed by atoms with Crippen LogP contribution < -0.4 is 4.31 Å². The summed E-state index contributed by atoms with van der Waals surface area (Å²) in [6.45, 7) is 3.42. The zero-order valence-electron chi connectivity index (χ0n) is 10.3. The van der Waals surface area contributed by atoms with Gasteiger partial charge in [-0.2, -0.15) is 5.10 Å². The number of sulfonamides is 1. The number of aromatic nitrogens is 2. The SMILES string of the molecule is COCCS(=O)(=O)N1CC(C)Cn2ncc(Br)c21. The van der Waals surface area contributed by atoms with E-state index in [9.17, 15) is 8.42 Å². The summed E-state index contributed by atoms with van der Waals surface area (Å²) >= 11 is 3.35. The molecule has 0 N–H and O–H groups in total. The molecule has 102 valence electrons. The minimum atomic E-state index is -3.37. The van der Waals surface area contributed by atoms with E-state index in [0.29, 0.717) is 16.8 Å².